The maximum absolute atomic E-state index is 4.57. The highest BCUT2D eigenvalue weighted by Gasteiger charge is 2.15. The lowest BCUT2D eigenvalue weighted by Crippen LogP contribution is -2.44. The number of piperazine rings is 1. The van der Waals surface area contributed by atoms with Gasteiger partial charge in [0.2, 0.25) is 0 Å². The normalized spacial score (nSPS) is 16.4. The van der Waals surface area contributed by atoms with Gasteiger partial charge in [0, 0.05) is 32.4 Å². The first kappa shape index (κ1) is 10.4. The van der Waals surface area contributed by atoms with E-state index >= 15 is 0 Å². The molecule has 2 aromatic heterocycles. The molecule has 0 amide bonds. The monoisotopic (exact) mass is 229 g/mol. The van der Waals surface area contributed by atoms with E-state index in [0.29, 0.717) is 0 Å². The molecule has 88 valence electrons. The Morgan fingerprint density at radius 2 is 2.06 bits per heavy atom. The number of aryl methyl sites for hydroxylation is 1. The molecule has 5 nitrogen and oxygen atoms in total. The number of hydrogen-bond acceptors (Lipinski definition) is 5. The predicted octanol–water partition coefficient (Wildman–Crippen LogP) is 0.743. The minimum absolute atomic E-state index is 0.782. The highest BCUT2D eigenvalue weighted by molar-refractivity contribution is 5.86. The van der Waals surface area contributed by atoms with Gasteiger partial charge in [-0.2, -0.15) is 0 Å². The van der Waals surface area contributed by atoms with Crippen molar-refractivity contribution in [2.24, 2.45) is 0 Å². The smallest absolute Gasteiger partial charge is 0.164 e. The molecule has 0 spiro atoms. The van der Waals surface area contributed by atoms with Gasteiger partial charge in [-0.1, -0.05) is 0 Å². The Bertz CT molecular complexity index is 533. The van der Waals surface area contributed by atoms with Crippen molar-refractivity contribution in [2.45, 2.75) is 6.92 Å². The van der Waals surface area contributed by atoms with Crippen LogP contribution in [0, 0.1) is 6.92 Å². The molecule has 2 aromatic rings. The van der Waals surface area contributed by atoms with Crippen LogP contribution in [0.3, 0.4) is 0 Å². The summed E-state index contributed by atoms with van der Waals surface area (Å²) in [5.41, 5.74) is 0.786. The first-order valence-electron chi connectivity index (χ1n) is 5.89. The van der Waals surface area contributed by atoms with Crippen LogP contribution in [0.15, 0.2) is 18.3 Å². The van der Waals surface area contributed by atoms with E-state index in [0.717, 1.165) is 48.9 Å². The van der Waals surface area contributed by atoms with Gasteiger partial charge in [-0.15, -0.1) is 0 Å². The summed E-state index contributed by atoms with van der Waals surface area (Å²) in [6.07, 6.45) is 1.77. The van der Waals surface area contributed by atoms with Crippen LogP contribution in [0.2, 0.25) is 0 Å². The highest BCUT2D eigenvalue weighted by atomic mass is 15.2. The van der Waals surface area contributed by atoms with Crippen molar-refractivity contribution < 1.29 is 0 Å². The Hall–Kier alpha value is -1.75. The first-order chi connectivity index (χ1) is 8.34. The molecule has 1 saturated heterocycles. The number of anilines is 1. The molecule has 17 heavy (non-hydrogen) atoms. The molecule has 3 rings (SSSR count). The fourth-order valence-electron chi connectivity index (χ4n) is 2.17. The molecule has 1 aliphatic rings. The van der Waals surface area contributed by atoms with Gasteiger partial charge in [0.25, 0.3) is 0 Å². The van der Waals surface area contributed by atoms with Crippen molar-refractivity contribution in [3.05, 3.63) is 24.2 Å². The zero-order chi connectivity index (χ0) is 11.7. The molecule has 1 aliphatic heterocycles. The van der Waals surface area contributed by atoms with Crippen LogP contribution < -0.4 is 10.2 Å². The summed E-state index contributed by atoms with van der Waals surface area (Å²) >= 11 is 0. The van der Waals surface area contributed by atoms with Gasteiger partial charge < -0.3 is 10.2 Å². The van der Waals surface area contributed by atoms with Crippen molar-refractivity contribution in [1.29, 1.82) is 0 Å². The molecular formula is C12H15N5. The van der Waals surface area contributed by atoms with Crippen LogP contribution in [0.5, 0.6) is 0 Å². The Morgan fingerprint density at radius 1 is 1.24 bits per heavy atom. The van der Waals surface area contributed by atoms with Crippen LogP contribution in [0.1, 0.15) is 5.82 Å². The molecule has 0 aliphatic carbocycles. The van der Waals surface area contributed by atoms with Gasteiger partial charge in [0.15, 0.2) is 5.65 Å². The molecule has 1 fully saturated rings. The van der Waals surface area contributed by atoms with Gasteiger partial charge in [-0.3, -0.25) is 0 Å². The predicted molar refractivity (Wildman–Crippen MR) is 67.2 cm³/mol. The number of nitrogens with one attached hydrogen (secondary N) is 1. The summed E-state index contributed by atoms with van der Waals surface area (Å²) in [6.45, 7) is 5.90. The first-order valence-corrected chi connectivity index (χ1v) is 5.89. The van der Waals surface area contributed by atoms with Crippen molar-refractivity contribution in [2.75, 3.05) is 31.1 Å². The number of fused-ring (bicyclic) bond motifs is 1. The molecular weight excluding hydrogens is 214 g/mol. The maximum Gasteiger partial charge on any atom is 0.164 e. The third kappa shape index (κ3) is 1.93. The second-order valence-electron chi connectivity index (χ2n) is 4.21. The van der Waals surface area contributed by atoms with Crippen molar-refractivity contribution in [1.82, 2.24) is 20.3 Å². The van der Waals surface area contributed by atoms with Crippen molar-refractivity contribution >= 4 is 16.9 Å². The summed E-state index contributed by atoms with van der Waals surface area (Å²) in [7, 11) is 0. The molecule has 0 bridgehead atoms. The lowest BCUT2D eigenvalue weighted by atomic mass is 10.2. The minimum atomic E-state index is 0.782. The average molecular weight is 229 g/mol. The summed E-state index contributed by atoms with van der Waals surface area (Å²) < 4.78 is 0. The van der Waals surface area contributed by atoms with Gasteiger partial charge in [0.05, 0.1) is 5.39 Å². The molecule has 0 atom stereocenters. The number of nitrogens with zero attached hydrogens (tertiary/aromatic N) is 4. The topological polar surface area (TPSA) is 53.9 Å². The number of hydrogen-bond donors (Lipinski definition) is 1. The van der Waals surface area contributed by atoms with Gasteiger partial charge >= 0.3 is 0 Å². The van der Waals surface area contributed by atoms with E-state index in [1.165, 1.54) is 0 Å². The standard InChI is InChI=1S/C12H15N5/c1-9-15-11-10(3-2-4-14-11)12(16-9)17-7-5-13-6-8-17/h2-4,13H,5-8H2,1H3. The molecule has 0 radical (unpaired) electrons. The highest BCUT2D eigenvalue weighted by Crippen LogP contribution is 2.22. The number of pyridine rings is 1. The Balaban J connectivity index is 2.13. The van der Waals surface area contributed by atoms with Crippen molar-refractivity contribution in [3.63, 3.8) is 0 Å². The fraction of sp³-hybridized carbons (Fsp3) is 0.417. The number of aromatic nitrogens is 3. The van der Waals surface area contributed by atoms with Crippen LogP contribution in [-0.4, -0.2) is 41.1 Å². The van der Waals surface area contributed by atoms with Crippen LogP contribution in [0.25, 0.3) is 11.0 Å². The molecule has 3 heterocycles. The van der Waals surface area contributed by atoms with Gasteiger partial charge in [-0.05, 0) is 19.1 Å². The lowest BCUT2D eigenvalue weighted by Gasteiger charge is -2.29. The Labute approximate surface area is 99.9 Å². The maximum atomic E-state index is 4.57. The quantitative estimate of drug-likeness (QED) is 0.781. The van der Waals surface area contributed by atoms with Gasteiger partial charge in [0.1, 0.15) is 11.6 Å². The van der Waals surface area contributed by atoms with E-state index in [-0.39, 0.29) is 0 Å². The van der Waals surface area contributed by atoms with Crippen molar-refractivity contribution in [3.8, 4) is 0 Å². The third-order valence-corrected chi connectivity index (χ3v) is 2.98. The van der Waals surface area contributed by atoms with E-state index < -0.39 is 0 Å². The summed E-state index contributed by atoms with van der Waals surface area (Å²) in [4.78, 5) is 15.5. The molecule has 0 aromatic carbocycles. The SMILES string of the molecule is Cc1nc(N2CCNCC2)c2cccnc2n1. The van der Waals surface area contributed by atoms with E-state index in [9.17, 15) is 0 Å². The Kier molecular flexibility index (Phi) is 2.60. The lowest BCUT2D eigenvalue weighted by molar-refractivity contribution is 0.585. The zero-order valence-corrected chi connectivity index (χ0v) is 9.85. The second-order valence-corrected chi connectivity index (χ2v) is 4.21. The van der Waals surface area contributed by atoms with Crippen LogP contribution >= 0.6 is 0 Å². The van der Waals surface area contributed by atoms with E-state index in [4.69, 9.17) is 0 Å². The summed E-state index contributed by atoms with van der Waals surface area (Å²) in [5, 5.41) is 4.39. The molecule has 1 N–H and O–H groups in total. The molecule has 5 heteroatoms. The largest absolute Gasteiger partial charge is 0.353 e. The van der Waals surface area contributed by atoms with E-state index in [1.807, 2.05) is 19.1 Å². The van der Waals surface area contributed by atoms with E-state index in [1.54, 1.807) is 6.20 Å². The van der Waals surface area contributed by atoms with E-state index in [2.05, 4.69) is 25.2 Å². The summed E-state index contributed by atoms with van der Waals surface area (Å²) in [5.74, 6) is 1.80. The third-order valence-electron chi connectivity index (χ3n) is 2.98. The van der Waals surface area contributed by atoms with Gasteiger partial charge in [-0.25, -0.2) is 15.0 Å². The molecule has 0 saturated carbocycles. The average Bonchev–Trinajstić information content (AvgIpc) is 2.39. The zero-order valence-electron chi connectivity index (χ0n) is 9.85. The molecule has 0 unspecified atom stereocenters. The Morgan fingerprint density at radius 3 is 2.88 bits per heavy atom. The minimum Gasteiger partial charge on any atom is -0.353 e. The fourth-order valence-corrected chi connectivity index (χ4v) is 2.17. The van der Waals surface area contributed by atoms with Crippen LogP contribution in [-0.2, 0) is 0 Å². The second kappa shape index (κ2) is 4.25. The number of rotatable bonds is 1. The summed E-state index contributed by atoms with van der Waals surface area (Å²) in [6, 6.07) is 3.98. The van der Waals surface area contributed by atoms with Crippen LogP contribution in [0.4, 0.5) is 5.82 Å².